The summed E-state index contributed by atoms with van der Waals surface area (Å²) >= 11 is 19.0. The van der Waals surface area contributed by atoms with Crippen molar-refractivity contribution in [2.24, 2.45) is 0 Å². The van der Waals surface area contributed by atoms with Gasteiger partial charge in [0, 0.05) is 27.6 Å². The van der Waals surface area contributed by atoms with Crippen LogP contribution in [0.2, 0.25) is 10.0 Å². The molecular formula is C27H23Cl2N3O3S2. The molecule has 0 aliphatic rings. The van der Waals surface area contributed by atoms with Gasteiger partial charge in [0.05, 0.1) is 15.4 Å². The van der Waals surface area contributed by atoms with E-state index in [9.17, 15) is 9.59 Å². The number of thiocarbonyl (C=S) groups is 1. The number of rotatable bonds is 5. The number of anilines is 1. The molecule has 4 aromatic rings. The predicted octanol–water partition coefficient (Wildman–Crippen LogP) is 7.52. The lowest BCUT2D eigenvalue weighted by Gasteiger charge is -2.19. The molecule has 2 amide bonds. The van der Waals surface area contributed by atoms with Gasteiger partial charge in [0.1, 0.15) is 16.4 Å². The van der Waals surface area contributed by atoms with E-state index in [0.29, 0.717) is 32.1 Å². The number of benzene rings is 2. The van der Waals surface area contributed by atoms with E-state index in [1.807, 2.05) is 45.0 Å². The minimum Gasteiger partial charge on any atom is -0.457 e. The number of thiophene rings is 1. The average Bonchev–Trinajstić information content (AvgIpc) is 3.43. The molecule has 2 aromatic carbocycles. The Morgan fingerprint density at radius 3 is 2.46 bits per heavy atom. The van der Waals surface area contributed by atoms with Crippen molar-refractivity contribution in [2.75, 3.05) is 5.32 Å². The Balaban J connectivity index is 1.42. The van der Waals surface area contributed by atoms with E-state index in [2.05, 4.69) is 16.0 Å². The summed E-state index contributed by atoms with van der Waals surface area (Å²) in [5.41, 5.74) is 1.11. The maximum Gasteiger partial charge on any atom is 0.263 e. The van der Waals surface area contributed by atoms with Crippen LogP contribution in [0.5, 0.6) is 0 Å². The second-order valence-corrected chi connectivity index (χ2v) is 11.4. The van der Waals surface area contributed by atoms with Gasteiger partial charge in [0.15, 0.2) is 5.11 Å². The molecular weight excluding hydrogens is 549 g/mol. The molecule has 4 rings (SSSR count). The highest BCUT2D eigenvalue weighted by atomic mass is 35.5. The van der Waals surface area contributed by atoms with Crippen molar-refractivity contribution >= 4 is 85.5 Å². The molecule has 37 heavy (non-hydrogen) atoms. The summed E-state index contributed by atoms with van der Waals surface area (Å²) in [7, 11) is 0. The molecule has 6 nitrogen and oxygen atoms in total. The van der Waals surface area contributed by atoms with Crippen LogP contribution in [-0.2, 0) is 4.79 Å². The van der Waals surface area contributed by atoms with Crippen LogP contribution in [0.1, 0.15) is 36.2 Å². The zero-order valence-electron chi connectivity index (χ0n) is 20.1. The summed E-state index contributed by atoms with van der Waals surface area (Å²) in [5, 5.41) is 10.4. The van der Waals surface area contributed by atoms with Gasteiger partial charge in [0.25, 0.3) is 5.91 Å². The van der Waals surface area contributed by atoms with Crippen molar-refractivity contribution in [1.29, 1.82) is 0 Å². The Morgan fingerprint density at radius 2 is 1.76 bits per heavy atom. The molecule has 0 saturated heterocycles. The van der Waals surface area contributed by atoms with Gasteiger partial charge in [-0.25, -0.2) is 0 Å². The fraction of sp³-hybridized carbons (Fsp3) is 0.148. The van der Waals surface area contributed by atoms with Crippen LogP contribution in [-0.4, -0.2) is 22.5 Å². The van der Waals surface area contributed by atoms with Crippen LogP contribution in [0.4, 0.5) is 5.69 Å². The summed E-state index contributed by atoms with van der Waals surface area (Å²) in [6.45, 7) is 5.71. The van der Waals surface area contributed by atoms with Crippen LogP contribution in [0.25, 0.3) is 27.5 Å². The first-order chi connectivity index (χ1) is 17.5. The van der Waals surface area contributed by atoms with Crippen LogP contribution in [0, 0.1) is 0 Å². The summed E-state index contributed by atoms with van der Waals surface area (Å²) in [4.78, 5) is 25.5. The molecule has 3 N–H and O–H groups in total. The number of nitrogens with one attached hydrogen (secondary N) is 3. The molecule has 0 aliphatic carbocycles. The first kappa shape index (κ1) is 26.9. The molecule has 2 aromatic heterocycles. The highest BCUT2D eigenvalue weighted by Gasteiger charge is 2.22. The maximum atomic E-state index is 12.7. The number of hydrogen-bond acceptors (Lipinski definition) is 5. The van der Waals surface area contributed by atoms with Gasteiger partial charge in [-0.2, -0.15) is 0 Å². The Hall–Kier alpha value is -3.17. The largest absolute Gasteiger partial charge is 0.457 e. The minimum atomic E-state index is -0.427. The van der Waals surface area contributed by atoms with Crippen molar-refractivity contribution in [3.63, 3.8) is 0 Å². The van der Waals surface area contributed by atoms with Crippen LogP contribution in [0.15, 0.2) is 65.1 Å². The minimum absolute atomic E-state index is 0.105. The van der Waals surface area contributed by atoms with Crippen molar-refractivity contribution in [1.82, 2.24) is 10.6 Å². The van der Waals surface area contributed by atoms with Crippen LogP contribution >= 0.6 is 46.8 Å². The fourth-order valence-electron chi connectivity index (χ4n) is 3.41. The average molecular weight is 573 g/mol. The number of fused-ring (bicyclic) bond motifs is 1. The van der Waals surface area contributed by atoms with E-state index in [0.717, 1.165) is 15.6 Å². The van der Waals surface area contributed by atoms with Gasteiger partial charge >= 0.3 is 0 Å². The molecule has 0 unspecified atom stereocenters. The lowest BCUT2D eigenvalue weighted by Crippen LogP contribution is -2.40. The Bertz CT molecular complexity index is 1520. The number of furan rings is 1. The zero-order valence-corrected chi connectivity index (χ0v) is 23.3. The van der Waals surface area contributed by atoms with Crippen molar-refractivity contribution in [2.45, 2.75) is 26.3 Å². The molecule has 0 atom stereocenters. The molecule has 190 valence electrons. The van der Waals surface area contributed by atoms with E-state index in [-0.39, 0.29) is 11.0 Å². The Kier molecular flexibility index (Phi) is 8.04. The molecule has 0 radical (unpaired) electrons. The summed E-state index contributed by atoms with van der Waals surface area (Å²) in [5.74, 6) is 0.497. The third-order valence-electron chi connectivity index (χ3n) is 4.99. The van der Waals surface area contributed by atoms with E-state index >= 15 is 0 Å². The van der Waals surface area contributed by atoms with Gasteiger partial charge < -0.3 is 15.1 Å². The zero-order chi connectivity index (χ0) is 26.7. The van der Waals surface area contributed by atoms with Crippen LogP contribution in [0.3, 0.4) is 0 Å². The smallest absolute Gasteiger partial charge is 0.263 e. The van der Waals surface area contributed by atoms with Crippen molar-refractivity contribution in [3.8, 4) is 11.3 Å². The van der Waals surface area contributed by atoms with Gasteiger partial charge in [0.2, 0.25) is 5.91 Å². The first-order valence-electron chi connectivity index (χ1n) is 11.2. The number of carbonyl (C=O) groups excluding carboxylic acids is 2. The summed E-state index contributed by atoms with van der Waals surface area (Å²) < 4.78 is 6.52. The van der Waals surface area contributed by atoms with Crippen molar-refractivity contribution in [3.05, 3.63) is 81.4 Å². The number of hydrogen-bond donors (Lipinski definition) is 3. The third-order valence-corrected chi connectivity index (χ3v) is 7.19. The first-order valence-corrected chi connectivity index (χ1v) is 13.2. The number of carbonyl (C=O) groups is 2. The molecule has 0 aliphatic heterocycles. The van der Waals surface area contributed by atoms with Gasteiger partial charge in [-0.3, -0.25) is 14.9 Å². The van der Waals surface area contributed by atoms with E-state index < -0.39 is 11.4 Å². The highest BCUT2D eigenvalue weighted by molar-refractivity contribution is 7.80. The van der Waals surface area contributed by atoms with E-state index in [1.54, 1.807) is 36.4 Å². The lowest BCUT2D eigenvalue weighted by atomic mass is 10.1. The second kappa shape index (κ2) is 11.1. The van der Waals surface area contributed by atoms with Gasteiger partial charge in [-0.1, -0.05) is 35.3 Å². The molecule has 0 saturated carbocycles. The summed E-state index contributed by atoms with van der Waals surface area (Å²) in [6, 6.07) is 16.3. The SMILES string of the molecule is CC(C)(C)NC(=O)c1sc2c(NC(=S)NC(=O)/C=C/c3ccc(-c4ccc(Cl)cc4)o3)cccc2c1Cl. The normalized spacial score (nSPS) is 11.6. The third kappa shape index (κ3) is 6.78. The van der Waals surface area contributed by atoms with Gasteiger partial charge in [-0.05, 0) is 81.5 Å². The topological polar surface area (TPSA) is 83.4 Å². The maximum absolute atomic E-state index is 12.7. The Labute approximate surface area is 233 Å². The van der Waals surface area contributed by atoms with E-state index in [4.69, 9.17) is 39.8 Å². The van der Waals surface area contributed by atoms with E-state index in [1.165, 1.54) is 17.4 Å². The fourth-order valence-corrected chi connectivity index (χ4v) is 5.22. The molecule has 0 spiro atoms. The summed E-state index contributed by atoms with van der Waals surface area (Å²) in [6.07, 6.45) is 2.88. The second-order valence-electron chi connectivity index (χ2n) is 9.12. The number of amides is 2. The Morgan fingerprint density at radius 1 is 1.03 bits per heavy atom. The molecule has 10 heteroatoms. The molecule has 2 heterocycles. The van der Waals surface area contributed by atoms with Crippen molar-refractivity contribution < 1.29 is 14.0 Å². The number of halogens is 2. The molecule has 0 fully saturated rings. The lowest BCUT2D eigenvalue weighted by molar-refractivity contribution is -0.115. The predicted molar refractivity (Wildman–Crippen MR) is 157 cm³/mol. The monoisotopic (exact) mass is 571 g/mol. The highest BCUT2D eigenvalue weighted by Crippen LogP contribution is 2.39. The van der Waals surface area contributed by atoms with Crippen LogP contribution < -0.4 is 16.0 Å². The van der Waals surface area contributed by atoms with Gasteiger partial charge in [-0.15, -0.1) is 11.3 Å². The quantitative estimate of drug-likeness (QED) is 0.170. The molecule has 0 bridgehead atoms. The standard InChI is InChI=1S/C27H23Cl2N3O3S2/c1-27(2,3)32-25(34)24-22(29)18-5-4-6-19(23(18)37-24)30-26(36)31-21(33)14-12-17-11-13-20(35-17)15-7-9-16(28)10-8-15/h4-14H,1-3H3,(H,32,34)(H2,30,31,33,36)/b14-12+.